The van der Waals surface area contributed by atoms with Crippen LogP contribution < -0.4 is 19.9 Å². The van der Waals surface area contributed by atoms with Gasteiger partial charge >= 0.3 is 5.97 Å². The van der Waals surface area contributed by atoms with Crippen LogP contribution in [-0.2, 0) is 45.6 Å². The van der Waals surface area contributed by atoms with Crippen LogP contribution in [0.1, 0.15) is 43.0 Å². The molecule has 0 atom stereocenters. The standard InChI is InChI=1S/C44H45N7O7S2/c1-44(2,3)58-38(52)24-31-16-23-35(36-8-7-9-37-40(36)46-43(45)59-37)39(42-47-49-51(48-42)27-30-14-21-34(57-6)22-15-30)41(31)60(53,54)50(25-28-10-17-32(55-4)18-11-28)26-29-12-19-33(56-5)20-13-29/h7-23H,24-27H2,1-6H3,(H2,45,46). The van der Waals surface area contributed by atoms with Crippen molar-refractivity contribution in [1.29, 1.82) is 0 Å². The van der Waals surface area contributed by atoms with Gasteiger partial charge in [0, 0.05) is 18.7 Å². The minimum Gasteiger partial charge on any atom is -0.497 e. The highest BCUT2D eigenvalue weighted by Gasteiger charge is 2.35. The SMILES string of the molecule is COc1ccc(CN(Cc2ccc(OC)cc2)S(=O)(=O)c2c(CC(=O)OC(C)(C)C)ccc(-c3cccc4sc(N)nc34)c2-c2nnn(Cc3ccc(OC)cc3)n2)cc1. The third kappa shape index (κ3) is 9.41. The molecular formula is C44H45N7O7S2. The van der Waals surface area contributed by atoms with Crippen LogP contribution in [-0.4, -0.2) is 70.8 Å². The Bertz CT molecular complexity index is 2680. The Kier molecular flexibility index (Phi) is 12.2. The van der Waals surface area contributed by atoms with Crippen molar-refractivity contribution in [2.24, 2.45) is 0 Å². The molecule has 0 aliphatic heterocycles. The minimum absolute atomic E-state index is 0.0252. The van der Waals surface area contributed by atoms with Gasteiger partial charge < -0.3 is 24.7 Å². The van der Waals surface area contributed by atoms with Crippen LogP contribution in [0.5, 0.6) is 17.2 Å². The lowest BCUT2D eigenvalue weighted by Crippen LogP contribution is -2.32. The number of nitrogen functional groups attached to an aromatic ring is 1. The predicted octanol–water partition coefficient (Wildman–Crippen LogP) is 7.55. The van der Waals surface area contributed by atoms with Crippen LogP contribution >= 0.6 is 11.3 Å². The third-order valence-corrected chi connectivity index (χ3v) is 12.3. The highest BCUT2D eigenvalue weighted by molar-refractivity contribution is 7.89. The maximum atomic E-state index is 15.9. The molecule has 0 fully saturated rings. The Morgan fingerprint density at radius 3 is 1.88 bits per heavy atom. The number of thiazole rings is 1. The number of sulfonamides is 1. The Morgan fingerprint density at radius 2 is 1.33 bits per heavy atom. The summed E-state index contributed by atoms with van der Waals surface area (Å²) in [7, 11) is 0.154. The molecule has 60 heavy (non-hydrogen) atoms. The highest BCUT2D eigenvalue weighted by atomic mass is 32.2. The quantitative estimate of drug-likeness (QED) is 0.101. The van der Waals surface area contributed by atoms with E-state index in [1.165, 1.54) is 20.4 Å². The van der Waals surface area contributed by atoms with Crippen LogP contribution in [0.15, 0.2) is 108 Å². The number of anilines is 1. The van der Waals surface area contributed by atoms with Crippen LogP contribution in [0.4, 0.5) is 5.13 Å². The number of nitrogens with zero attached hydrogens (tertiary/aromatic N) is 6. The fraction of sp³-hybridized carbons (Fsp3) is 0.250. The van der Waals surface area contributed by atoms with Gasteiger partial charge in [-0.15, -0.1) is 10.2 Å². The molecule has 0 amide bonds. The van der Waals surface area contributed by atoms with Crippen LogP contribution in [0.3, 0.4) is 0 Å². The summed E-state index contributed by atoms with van der Waals surface area (Å²) in [6.45, 7) is 5.42. The van der Waals surface area contributed by atoms with Gasteiger partial charge in [-0.2, -0.15) is 9.10 Å². The Hall–Kier alpha value is -6.36. The maximum Gasteiger partial charge on any atom is 0.310 e. The lowest BCUT2D eigenvalue weighted by molar-refractivity contribution is -0.153. The van der Waals surface area contributed by atoms with Gasteiger partial charge in [0.1, 0.15) is 22.8 Å². The van der Waals surface area contributed by atoms with E-state index in [-0.39, 0.29) is 47.9 Å². The second kappa shape index (κ2) is 17.5. The Balaban J connectivity index is 1.48. The van der Waals surface area contributed by atoms with Crippen molar-refractivity contribution in [3.05, 3.63) is 125 Å². The number of ether oxygens (including phenoxy) is 4. The number of para-hydroxylation sites is 1. The van der Waals surface area contributed by atoms with Crippen molar-refractivity contribution >= 4 is 42.7 Å². The summed E-state index contributed by atoms with van der Waals surface area (Å²) < 4.78 is 55.8. The van der Waals surface area contributed by atoms with Crippen LogP contribution in [0, 0.1) is 0 Å². The van der Waals surface area contributed by atoms with Gasteiger partial charge in [-0.25, -0.2) is 13.4 Å². The van der Waals surface area contributed by atoms with E-state index < -0.39 is 21.6 Å². The smallest absolute Gasteiger partial charge is 0.310 e. The Morgan fingerprint density at radius 1 is 0.767 bits per heavy atom. The molecule has 0 spiro atoms. The van der Waals surface area contributed by atoms with Crippen molar-refractivity contribution < 1.29 is 32.2 Å². The first-order valence-corrected chi connectivity index (χ1v) is 21.2. The van der Waals surface area contributed by atoms with Gasteiger partial charge in [0.15, 0.2) is 5.13 Å². The van der Waals surface area contributed by atoms with E-state index in [9.17, 15) is 4.79 Å². The fourth-order valence-corrected chi connectivity index (χ4v) is 9.34. The second-order valence-corrected chi connectivity index (χ2v) is 17.8. The number of hydrogen-bond donors (Lipinski definition) is 1. The molecule has 2 N–H and O–H groups in total. The largest absolute Gasteiger partial charge is 0.497 e. The number of carbonyl (C=O) groups excluding carboxylic acids is 1. The van der Waals surface area contributed by atoms with Crippen molar-refractivity contribution in [3.8, 4) is 39.8 Å². The third-order valence-electron chi connectivity index (χ3n) is 9.51. The summed E-state index contributed by atoms with van der Waals surface area (Å²) in [5.41, 5.74) is 9.61. The first-order valence-electron chi connectivity index (χ1n) is 18.9. The topological polar surface area (TPSA) is 174 Å². The summed E-state index contributed by atoms with van der Waals surface area (Å²) in [4.78, 5) is 19.6. The summed E-state index contributed by atoms with van der Waals surface area (Å²) >= 11 is 1.31. The molecule has 2 heterocycles. The van der Waals surface area contributed by atoms with Gasteiger partial charge in [0.05, 0.1) is 55.0 Å². The van der Waals surface area contributed by atoms with Gasteiger partial charge in [-0.1, -0.05) is 72.0 Å². The second-order valence-electron chi connectivity index (χ2n) is 14.9. The predicted molar refractivity (Wildman–Crippen MR) is 230 cm³/mol. The number of carbonyl (C=O) groups is 1. The van der Waals surface area contributed by atoms with Gasteiger partial charge in [0.25, 0.3) is 0 Å². The normalized spacial score (nSPS) is 11.8. The molecule has 16 heteroatoms. The average molecular weight is 848 g/mol. The number of aromatic nitrogens is 5. The molecule has 14 nitrogen and oxygen atoms in total. The summed E-state index contributed by atoms with van der Waals surface area (Å²) in [6, 6.07) is 30.8. The van der Waals surface area contributed by atoms with E-state index in [1.807, 2.05) is 66.7 Å². The first-order chi connectivity index (χ1) is 28.7. The monoisotopic (exact) mass is 847 g/mol. The number of methoxy groups -OCH3 is 3. The van der Waals surface area contributed by atoms with Crippen molar-refractivity contribution in [2.75, 3.05) is 27.1 Å². The fourth-order valence-electron chi connectivity index (χ4n) is 6.75. The summed E-state index contributed by atoms with van der Waals surface area (Å²) in [5.74, 6) is 1.35. The molecule has 0 aliphatic carbocycles. The molecule has 0 unspecified atom stereocenters. The highest BCUT2D eigenvalue weighted by Crippen LogP contribution is 2.43. The maximum absolute atomic E-state index is 15.9. The minimum atomic E-state index is -4.57. The number of hydrogen-bond acceptors (Lipinski definition) is 13. The zero-order valence-corrected chi connectivity index (χ0v) is 35.7. The van der Waals surface area contributed by atoms with Gasteiger partial charge in [0.2, 0.25) is 15.8 Å². The van der Waals surface area contributed by atoms with Crippen LogP contribution in [0.2, 0.25) is 0 Å². The molecule has 5 aromatic carbocycles. The van der Waals surface area contributed by atoms with Gasteiger partial charge in [-0.05, 0) is 96.3 Å². The zero-order valence-electron chi connectivity index (χ0n) is 34.1. The van der Waals surface area contributed by atoms with E-state index in [2.05, 4.69) is 15.3 Å². The molecule has 7 aromatic rings. The van der Waals surface area contributed by atoms with Crippen molar-refractivity contribution in [2.45, 2.75) is 57.3 Å². The average Bonchev–Trinajstić information content (AvgIpc) is 3.86. The molecule has 0 aliphatic rings. The lowest BCUT2D eigenvalue weighted by atomic mass is 9.95. The zero-order chi connectivity index (χ0) is 42.6. The van der Waals surface area contributed by atoms with Crippen LogP contribution in [0.25, 0.3) is 32.7 Å². The van der Waals surface area contributed by atoms with Crippen molar-refractivity contribution in [1.82, 2.24) is 29.5 Å². The first kappa shape index (κ1) is 41.8. The molecule has 310 valence electrons. The number of tetrazole rings is 1. The number of nitrogens with two attached hydrogens (primary N) is 1. The van der Waals surface area contributed by atoms with E-state index in [4.69, 9.17) is 29.8 Å². The molecule has 0 radical (unpaired) electrons. The van der Waals surface area contributed by atoms with E-state index in [1.54, 1.807) is 78.5 Å². The number of esters is 1. The molecule has 0 saturated heterocycles. The van der Waals surface area contributed by atoms with E-state index in [0.29, 0.717) is 50.2 Å². The molecule has 0 saturated carbocycles. The van der Waals surface area contributed by atoms with Gasteiger partial charge in [-0.3, -0.25) is 4.79 Å². The number of fused-ring (bicyclic) bond motifs is 1. The summed E-state index contributed by atoms with van der Waals surface area (Å²) in [6.07, 6.45) is -0.369. The Labute approximate surface area is 352 Å². The molecule has 2 aromatic heterocycles. The van der Waals surface area contributed by atoms with E-state index >= 15 is 8.42 Å². The molecular weight excluding hydrogens is 803 g/mol. The number of benzene rings is 5. The van der Waals surface area contributed by atoms with E-state index in [0.717, 1.165) is 10.3 Å². The van der Waals surface area contributed by atoms with Crippen molar-refractivity contribution in [3.63, 3.8) is 0 Å². The number of rotatable bonds is 15. The lowest BCUT2D eigenvalue weighted by Gasteiger charge is -2.27. The molecule has 0 bridgehead atoms. The summed E-state index contributed by atoms with van der Waals surface area (Å²) in [5, 5.41) is 14.0. The molecule has 7 rings (SSSR count).